The van der Waals surface area contributed by atoms with E-state index in [4.69, 9.17) is 9.15 Å². The number of ketones is 1. The number of fused-ring (bicyclic) bond motifs is 1. The number of amides is 1. The van der Waals surface area contributed by atoms with E-state index in [0.717, 1.165) is 11.6 Å². The summed E-state index contributed by atoms with van der Waals surface area (Å²) in [6.07, 6.45) is 0.329. The van der Waals surface area contributed by atoms with Crippen LogP contribution in [0.1, 0.15) is 23.0 Å². The van der Waals surface area contributed by atoms with Gasteiger partial charge in [0.25, 0.3) is 5.91 Å². The Labute approximate surface area is 166 Å². The molecule has 0 aliphatic rings. The van der Waals surface area contributed by atoms with Crippen molar-refractivity contribution in [2.75, 3.05) is 6.61 Å². The lowest BCUT2D eigenvalue weighted by atomic mass is 10.0. The SMILES string of the molecule is CC(=O)[C@H](Cc1ccccc1)NC(=O)COC(=O)c1cc(=O)c2ccccc2o1. The van der Waals surface area contributed by atoms with Crippen molar-refractivity contribution in [1.82, 2.24) is 5.32 Å². The Hall–Kier alpha value is -3.74. The second-order valence-electron chi connectivity index (χ2n) is 6.47. The molecule has 0 saturated carbocycles. The zero-order valence-electron chi connectivity index (χ0n) is 15.7. The van der Waals surface area contributed by atoms with Crippen molar-refractivity contribution >= 4 is 28.6 Å². The van der Waals surface area contributed by atoms with E-state index >= 15 is 0 Å². The van der Waals surface area contributed by atoms with E-state index in [-0.39, 0.29) is 22.6 Å². The molecule has 2 aromatic carbocycles. The van der Waals surface area contributed by atoms with Crippen molar-refractivity contribution in [1.29, 1.82) is 0 Å². The van der Waals surface area contributed by atoms with Crippen LogP contribution < -0.4 is 10.7 Å². The predicted octanol–water partition coefficient (Wildman–Crippen LogP) is 2.27. The zero-order chi connectivity index (χ0) is 20.8. The summed E-state index contributed by atoms with van der Waals surface area (Å²) in [6.45, 7) is 0.775. The number of benzene rings is 2. The third-order valence-electron chi connectivity index (χ3n) is 4.28. The van der Waals surface area contributed by atoms with Gasteiger partial charge in [0, 0.05) is 6.07 Å². The Kier molecular flexibility index (Phi) is 6.19. The summed E-state index contributed by atoms with van der Waals surface area (Å²) in [5.41, 5.74) is 0.751. The van der Waals surface area contributed by atoms with E-state index in [1.54, 1.807) is 24.3 Å². The molecule has 7 nitrogen and oxygen atoms in total. The molecule has 0 aliphatic heterocycles. The van der Waals surface area contributed by atoms with Gasteiger partial charge in [0.1, 0.15) is 5.58 Å². The second-order valence-corrected chi connectivity index (χ2v) is 6.47. The van der Waals surface area contributed by atoms with Gasteiger partial charge >= 0.3 is 5.97 Å². The van der Waals surface area contributed by atoms with Crippen LogP contribution in [0.5, 0.6) is 0 Å². The van der Waals surface area contributed by atoms with Crippen molar-refractivity contribution in [2.24, 2.45) is 0 Å². The third kappa shape index (κ3) is 5.16. The average molecular weight is 393 g/mol. The van der Waals surface area contributed by atoms with E-state index in [1.165, 1.54) is 6.92 Å². The fraction of sp³-hybridized carbons (Fsp3) is 0.182. The summed E-state index contributed by atoms with van der Waals surface area (Å²) in [5, 5.41) is 2.89. The Morgan fingerprint density at radius 2 is 1.72 bits per heavy atom. The lowest BCUT2D eigenvalue weighted by Crippen LogP contribution is -2.43. The van der Waals surface area contributed by atoms with Crippen LogP contribution in [0.3, 0.4) is 0 Å². The number of Topliss-reactive ketones (excluding diaryl/α,β-unsaturated/α-hetero) is 1. The standard InChI is InChI=1S/C22H19NO6/c1-14(24)17(11-15-7-3-2-4-8-15)23-21(26)13-28-22(27)20-12-18(25)16-9-5-6-10-19(16)29-20/h2-10,12,17H,11,13H2,1H3,(H,23,26)/t17-/m0/s1. The molecule has 1 N–H and O–H groups in total. The minimum absolute atomic E-state index is 0.214. The number of hydrogen-bond donors (Lipinski definition) is 1. The number of para-hydroxylation sites is 1. The van der Waals surface area contributed by atoms with E-state index in [0.29, 0.717) is 11.8 Å². The number of carbonyl (C=O) groups is 3. The maximum atomic E-state index is 12.2. The molecule has 29 heavy (non-hydrogen) atoms. The molecule has 148 valence electrons. The van der Waals surface area contributed by atoms with Gasteiger partial charge < -0.3 is 14.5 Å². The largest absolute Gasteiger partial charge is 0.450 e. The van der Waals surface area contributed by atoms with Crippen molar-refractivity contribution in [3.63, 3.8) is 0 Å². The van der Waals surface area contributed by atoms with Gasteiger partial charge in [-0.25, -0.2) is 4.79 Å². The van der Waals surface area contributed by atoms with Gasteiger partial charge in [-0.3, -0.25) is 14.4 Å². The van der Waals surface area contributed by atoms with E-state index in [1.807, 2.05) is 30.3 Å². The molecule has 0 spiro atoms. The van der Waals surface area contributed by atoms with E-state index < -0.39 is 24.5 Å². The number of ether oxygens (including phenoxy) is 1. The first-order valence-corrected chi connectivity index (χ1v) is 8.98. The minimum Gasteiger partial charge on any atom is -0.450 e. The maximum absolute atomic E-state index is 12.2. The van der Waals surface area contributed by atoms with Crippen LogP contribution in [0.15, 0.2) is 69.9 Å². The number of rotatable bonds is 7. The highest BCUT2D eigenvalue weighted by molar-refractivity contribution is 5.92. The quantitative estimate of drug-likeness (QED) is 0.618. The number of carbonyl (C=O) groups excluding carboxylic acids is 3. The highest BCUT2D eigenvalue weighted by atomic mass is 16.5. The first-order chi connectivity index (χ1) is 13.9. The fourth-order valence-corrected chi connectivity index (χ4v) is 2.79. The number of esters is 1. The van der Waals surface area contributed by atoms with Crippen molar-refractivity contribution in [2.45, 2.75) is 19.4 Å². The van der Waals surface area contributed by atoms with Gasteiger partial charge in [0.2, 0.25) is 5.76 Å². The van der Waals surface area contributed by atoms with Crippen LogP contribution >= 0.6 is 0 Å². The highest BCUT2D eigenvalue weighted by Gasteiger charge is 2.20. The molecule has 0 aliphatic carbocycles. The van der Waals surface area contributed by atoms with Crippen molar-refractivity contribution in [3.05, 3.63) is 82.2 Å². The summed E-state index contributed by atoms with van der Waals surface area (Å²) >= 11 is 0. The third-order valence-corrected chi connectivity index (χ3v) is 4.28. The molecule has 1 amide bonds. The molecule has 7 heteroatoms. The molecule has 0 bridgehead atoms. The Balaban J connectivity index is 1.61. The second kappa shape index (κ2) is 8.97. The molecule has 1 atom stereocenters. The Bertz CT molecular complexity index is 1100. The molecule has 1 aromatic heterocycles. The molecule has 1 heterocycles. The molecule has 0 saturated heterocycles. The average Bonchev–Trinajstić information content (AvgIpc) is 2.72. The maximum Gasteiger partial charge on any atom is 0.374 e. The molecule has 3 aromatic rings. The normalized spacial score (nSPS) is 11.6. The Morgan fingerprint density at radius 1 is 1.03 bits per heavy atom. The summed E-state index contributed by atoms with van der Waals surface area (Å²) in [5.74, 6) is -2.08. The summed E-state index contributed by atoms with van der Waals surface area (Å²) in [7, 11) is 0. The van der Waals surface area contributed by atoms with Crippen LogP contribution in [-0.4, -0.2) is 30.3 Å². The summed E-state index contributed by atoms with van der Waals surface area (Å²) in [4.78, 5) is 48.2. The van der Waals surface area contributed by atoms with Gasteiger partial charge in [-0.15, -0.1) is 0 Å². The molecule has 3 rings (SSSR count). The molecule has 0 fully saturated rings. The van der Waals surface area contributed by atoms with Crippen molar-refractivity contribution in [3.8, 4) is 0 Å². The van der Waals surface area contributed by atoms with Gasteiger partial charge in [-0.05, 0) is 31.0 Å². The predicted molar refractivity (Wildman–Crippen MR) is 106 cm³/mol. The van der Waals surface area contributed by atoms with E-state index in [2.05, 4.69) is 5.32 Å². The van der Waals surface area contributed by atoms with Gasteiger partial charge in [0.05, 0.1) is 11.4 Å². The summed E-state index contributed by atoms with van der Waals surface area (Å²) in [6, 6.07) is 16.0. The summed E-state index contributed by atoms with van der Waals surface area (Å²) < 4.78 is 10.3. The van der Waals surface area contributed by atoms with Gasteiger partial charge in [-0.1, -0.05) is 42.5 Å². The number of nitrogens with one attached hydrogen (secondary N) is 1. The fourth-order valence-electron chi connectivity index (χ4n) is 2.79. The number of hydrogen-bond acceptors (Lipinski definition) is 6. The van der Waals surface area contributed by atoms with Crippen LogP contribution in [0.2, 0.25) is 0 Å². The first kappa shape index (κ1) is 20.0. The smallest absolute Gasteiger partial charge is 0.374 e. The highest BCUT2D eigenvalue weighted by Crippen LogP contribution is 2.12. The topological polar surface area (TPSA) is 103 Å². The van der Waals surface area contributed by atoms with Crippen LogP contribution in [0.25, 0.3) is 11.0 Å². The molecule has 0 unspecified atom stereocenters. The van der Waals surface area contributed by atoms with Gasteiger partial charge in [0.15, 0.2) is 17.8 Å². The van der Waals surface area contributed by atoms with Crippen LogP contribution in [0.4, 0.5) is 0 Å². The first-order valence-electron chi connectivity index (χ1n) is 8.98. The lowest BCUT2D eigenvalue weighted by molar-refractivity contribution is -0.128. The molecular formula is C22H19NO6. The molecular weight excluding hydrogens is 374 g/mol. The molecule has 0 radical (unpaired) electrons. The van der Waals surface area contributed by atoms with Crippen LogP contribution in [-0.2, 0) is 20.7 Å². The Morgan fingerprint density at radius 3 is 2.45 bits per heavy atom. The zero-order valence-corrected chi connectivity index (χ0v) is 15.7. The monoisotopic (exact) mass is 393 g/mol. The lowest BCUT2D eigenvalue weighted by Gasteiger charge is -2.16. The minimum atomic E-state index is -0.939. The van der Waals surface area contributed by atoms with Gasteiger partial charge in [-0.2, -0.15) is 0 Å². The van der Waals surface area contributed by atoms with Crippen molar-refractivity contribution < 1.29 is 23.5 Å². The van der Waals surface area contributed by atoms with Crippen LogP contribution in [0, 0.1) is 0 Å². The van der Waals surface area contributed by atoms with E-state index in [9.17, 15) is 19.2 Å².